The molecule has 0 saturated carbocycles. The van der Waals surface area contributed by atoms with E-state index < -0.39 is 18.1 Å². The van der Waals surface area contributed by atoms with E-state index in [-0.39, 0.29) is 32.7 Å². The molecule has 0 saturated heterocycles. The highest BCUT2D eigenvalue weighted by molar-refractivity contribution is 5.77. The summed E-state index contributed by atoms with van der Waals surface area (Å²) in [5.74, 6) is -0.698. The number of hydrogen-bond acceptors (Lipinski definition) is 10. The van der Waals surface area contributed by atoms with E-state index in [1.807, 2.05) is 6.92 Å². The van der Waals surface area contributed by atoms with Gasteiger partial charge in [0.2, 0.25) is 12.2 Å². The predicted molar refractivity (Wildman–Crippen MR) is 97.8 cm³/mol. The fourth-order valence-corrected chi connectivity index (χ4v) is 1.76. The van der Waals surface area contributed by atoms with Crippen molar-refractivity contribution in [1.82, 2.24) is 10.8 Å². The van der Waals surface area contributed by atoms with Gasteiger partial charge in [-0.1, -0.05) is 12.2 Å². The Morgan fingerprint density at radius 1 is 1.11 bits per heavy atom. The molecule has 0 aliphatic heterocycles. The molecule has 0 radical (unpaired) electrons. The summed E-state index contributed by atoms with van der Waals surface area (Å²) in [6.45, 7) is 6.46. The molecule has 0 spiro atoms. The highest BCUT2D eigenvalue weighted by atomic mass is 16.6. The van der Waals surface area contributed by atoms with Crippen molar-refractivity contribution in [3.63, 3.8) is 0 Å². The van der Waals surface area contributed by atoms with Gasteiger partial charge in [0.05, 0.1) is 26.2 Å². The van der Waals surface area contributed by atoms with Crippen LogP contribution < -0.4 is 10.8 Å². The summed E-state index contributed by atoms with van der Waals surface area (Å²) in [6, 6.07) is -0.977. The molecule has 0 heterocycles. The number of amides is 1. The van der Waals surface area contributed by atoms with Crippen molar-refractivity contribution in [1.29, 1.82) is 0 Å². The number of esters is 1. The second-order valence-corrected chi connectivity index (χ2v) is 5.58. The molecule has 11 heteroatoms. The van der Waals surface area contributed by atoms with Gasteiger partial charge in [0.1, 0.15) is 13.2 Å². The highest BCUT2D eigenvalue weighted by Crippen LogP contribution is 2.06. The van der Waals surface area contributed by atoms with Crippen molar-refractivity contribution in [2.75, 3.05) is 39.5 Å². The fraction of sp³-hybridized carbons (Fsp3) is 0.647. The highest BCUT2D eigenvalue weighted by Gasteiger charge is 2.18. The third-order valence-electron chi connectivity index (χ3n) is 3.02. The van der Waals surface area contributed by atoms with E-state index in [9.17, 15) is 19.2 Å². The van der Waals surface area contributed by atoms with Gasteiger partial charge in [0.25, 0.3) is 0 Å². The quantitative estimate of drug-likeness (QED) is 0.0958. The minimum Gasteiger partial charge on any atom is -0.462 e. The van der Waals surface area contributed by atoms with E-state index in [2.05, 4.69) is 27.4 Å². The average molecular weight is 398 g/mol. The molecule has 2 N–H and O–H groups in total. The number of alkyl carbamates (subject to hydrolysis) is 1. The normalized spacial score (nSPS) is 10.8. The van der Waals surface area contributed by atoms with Crippen molar-refractivity contribution in [3.8, 4) is 0 Å². The summed E-state index contributed by atoms with van der Waals surface area (Å²) < 4.78 is 9.82. The van der Waals surface area contributed by atoms with Crippen LogP contribution in [-0.2, 0) is 28.7 Å². The lowest BCUT2D eigenvalue weighted by molar-refractivity contribution is -0.145. The number of rotatable bonds is 16. The number of ether oxygens (including phenoxy) is 2. The number of aliphatic imine (C=N–C) groups is 2. The summed E-state index contributed by atoms with van der Waals surface area (Å²) in [7, 11) is 0. The van der Waals surface area contributed by atoms with Crippen molar-refractivity contribution >= 4 is 24.2 Å². The minimum absolute atomic E-state index is 0.0374. The number of unbranched alkanes of at least 4 members (excludes halogenated alkanes) is 1. The zero-order valence-electron chi connectivity index (χ0n) is 15.9. The van der Waals surface area contributed by atoms with Crippen LogP contribution in [0.1, 0.15) is 26.2 Å². The third kappa shape index (κ3) is 15.4. The maximum atomic E-state index is 11.9. The molecule has 1 unspecified atom stereocenters. The van der Waals surface area contributed by atoms with Crippen LogP contribution in [0.2, 0.25) is 0 Å². The first-order valence-corrected chi connectivity index (χ1v) is 8.68. The van der Waals surface area contributed by atoms with Crippen molar-refractivity contribution in [2.24, 2.45) is 9.98 Å². The van der Waals surface area contributed by atoms with E-state index in [0.29, 0.717) is 26.0 Å². The SMILES string of the molecule is C=C(C)CONCCOC(=O)NCCOC(=O)C(CCCCN=C=O)N=C=O. The molecule has 0 aromatic carbocycles. The number of nitrogens with one attached hydrogen (secondary N) is 2. The van der Waals surface area contributed by atoms with Gasteiger partial charge in [-0.05, 0) is 26.2 Å². The van der Waals surface area contributed by atoms with Crippen LogP contribution in [0.15, 0.2) is 22.1 Å². The molecule has 1 atom stereocenters. The summed E-state index contributed by atoms with van der Waals surface area (Å²) >= 11 is 0. The molecule has 0 bridgehead atoms. The smallest absolute Gasteiger partial charge is 0.407 e. The lowest BCUT2D eigenvalue weighted by Crippen LogP contribution is -2.32. The van der Waals surface area contributed by atoms with Gasteiger partial charge >= 0.3 is 12.1 Å². The fourth-order valence-electron chi connectivity index (χ4n) is 1.76. The molecule has 0 rings (SSSR count). The summed E-state index contributed by atoms with van der Waals surface area (Å²) in [4.78, 5) is 55.5. The third-order valence-corrected chi connectivity index (χ3v) is 3.02. The molecular weight excluding hydrogens is 372 g/mol. The Hall–Kier alpha value is -2.84. The number of nitrogens with zero attached hydrogens (tertiary/aromatic N) is 2. The number of carbonyl (C=O) groups excluding carboxylic acids is 4. The summed E-state index contributed by atoms with van der Waals surface area (Å²) in [5, 5.41) is 2.41. The second-order valence-electron chi connectivity index (χ2n) is 5.58. The first-order valence-electron chi connectivity index (χ1n) is 8.68. The molecule has 1 amide bonds. The summed E-state index contributed by atoms with van der Waals surface area (Å²) in [6.07, 6.45) is 3.40. The van der Waals surface area contributed by atoms with Crippen molar-refractivity contribution in [3.05, 3.63) is 12.2 Å². The predicted octanol–water partition coefficient (Wildman–Crippen LogP) is 0.564. The standard InChI is InChI=1S/C17H26N4O7/c1-14(2)11-28-21-8-10-27-17(25)19-7-9-26-16(24)15(20-13-23)5-3-4-6-18-12-22/h15,21H,1,3-11H2,2H3,(H,19,25). The van der Waals surface area contributed by atoms with Crippen LogP contribution in [0, 0.1) is 0 Å². The Morgan fingerprint density at radius 2 is 1.86 bits per heavy atom. The Kier molecular flexibility index (Phi) is 15.8. The number of hydroxylamine groups is 1. The molecule has 0 aromatic heterocycles. The Morgan fingerprint density at radius 3 is 2.54 bits per heavy atom. The molecule has 156 valence electrons. The topological polar surface area (TPSA) is 145 Å². The Labute approximate surface area is 163 Å². The van der Waals surface area contributed by atoms with Crippen LogP contribution in [-0.4, -0.2) is 69.7 Å². The van der Waals surface area contributed by atoms with E-state index in [0.717, 1.165) is 5.57 Å². The Balaban J connectivity index is 3.85. The molecule has 28 heavy (non-hydrogen) atoms. The minimum atomic E-state index is -0.977. The molecule has 0 aliphatic carbocycles. The van der Waals surface area contributed by atoms with Crippen molar-refractivity contribution in [2.45, 2.75) is 32.2 Å². The largest absolute Gasteiger partial charge is 0.462 e. The van der Waals surface area contributed by atoms with E-state index in [4.69, 9.17) is 14.3 Å². The maximum Gasteiger partial charge on any atom is 0.407 e. The van der Waals surface area contributed by atoms with Crippen LogP contribution in [0.4, 0.5) is 4.79 Å². The van der Waals surface area contributed by atoms with Gasteiger partial charge in [-0.25, -0.2) is 24.2 Å². The second kappa shape index (κ2) is 17.6. The maximum absolute atomic E-state index is 11.9. The van der Waals surface area contributed by atoms with Crippen LogP contribution in [0.25, 0.3) is 0 Å². The van der Waals surface area contributed by atoms with Gasteiger partial charge in [-0.3, -0.25) is 4.84 Å². The van der Waals surface area contributed by atoms with Gasteiger partial charge in [-0.15, -0.1) is 0 Å². The van der Waals surface area contributed by atoms with E-state index in [1.54, 1.807) is 0 Å². The molecule has 0 aromatic rings. The first-order chi connectivity index (χ1) is 13.5. The van der Waals surface area contributed by atoms with Gasteiger partial charge < -0.3 is 14.8 Å². The van der Waals surface area contributed by atoms with Crippen molar-refractivity contribution < 1.29 is 33.5 Å². The lowest BCUT2D eigenvalue weighted by atomic mass is 10.1. The van der Waals surface area contributed by atoms with Gasteiger partial charge in [0, 0.05) is 0 Å². The zero-order valence-corrected chi connectivity index (χ0v) is 15.9. The average Bonchev–Trinajstić information content (AvgIpc) is 2.66. The van der Waals surface area contributed by atoms with E-state index in [1.165, 1.54) is 12.2 Å². The van der Waals surface area contributed by atoms with E-state index >= 15 is 0 Å². The monoisotopic (exact) mass is 398 g/mol. The van der Waals surface area contributed by atoms with Crippen LogP contribution >= 0.6 is 0 Å². The van der Waals surface area contributed by atoms with Crippen LogP contribution in [0.3, 0.4) is 0 Å². The number of carbonyl (C=O) groups is 2. The Bertz CT molecular complexity index is 584. The number of isocyanates is 2. The molecular formula is C17H26N4O7. The molecule has 11 nitrogen and oxygen atoms in total. The number of hydrogen-bond donors (Lipinski definition) is 2. The van der Waals surface area contributed by atoms with Crippen LogP contribution in [0.5, 0.6) is 0 Å². The van der Waals surface area contributed by atoms with Gasteiger partial charge in [0.15, 0.2) is 6.04 Å². The lowest BCUT2D eigenvalue weighted by Gasteiger charge is -2.11. The first kappa shape index (κ1) is 25.2. The summed E-state index contributed by atoms with van der Waals surface area (Å²) in [5.41, 5.74) is 3.46. The molecule has 0 aliphatic rings. The zero-order chi connectivity index (χ0) is 21.0. The molecule has 0 fully saturated rings. The van der Waals surface area contributed by atoms with Gasteiger partial charge in [-0.2, -0.15) is 10.5 Å².